The number of ether oxygens (including phenoxy) is 2. The number of nitrogens with two attached hydrogens (primary N) is 1. The molecule has 0 spiro atoms. The Bertz CT molecular complexity index is 500. The minimum Gasteiger partial charge on any atom is -0.437 e. The number of nitrogens with zero attached hydrogens (tertiary/aromatic N) is 2. The van der Waals surface area contributed by atoms with Gasteiger partial charge in [0.2, 0.25) is 5.88 Å². The molecular weight excluding hydrogens is 230 g/mol. The van der Waals surface area contributed by atoms with Crippen LogP contribution in [-0.2, 0) is 11.2 Å². The topological polar surface area (TPSA) is 70.3 Å². The molecule has 1 aromatic carbocycles. The average molecular weight is 245 g/mol. The van der Waals surface area contributed by atoms with Crippen LogP contribution in [-0.4, -0.2) is 23.7 Å². The van der Waals surface area contributed by atoms with Gasteiger partial charge in [-0.1, -0.05) is 12.1 Å². The third-order valence-corrected chi connectivity index (χ3v) is 2.43. The maximum atomic E-state index is 5.70. The average Bonchev–Trinajstić information content (AvgIpc) is 2.41. The molecule has 0 aliphatic carbocycles. The summed E-state index contributed by atoms with van der Waals surface area (Å²) in [5.74, 6) is 1.07. The molecule has 0 aliphatic rings. The Hall–Kier alpha value is -2.14. The Balaban J connectivity index is 2.04. The Morgan fingerprint density at radius 1 is 1.22 bits per heavy atom. The predicted octanol–water partition coefficient (Wildman–Crippen LogP) is 2.04. The van der Waals surface area contributed by atoms with E-state index < -0.39 is 0 Å². The minimum atomic E-state index is 0.370. The van der Waals surface area contributed by atoms with Crippen LogP contribution >= 0.6 is 0 Å². The number of aromatic nitrogens is 2. The summed E-state index contributed by atoms with van der Waals surface area (Å²) < 4.78 is 10.6. The highest BCUT2D eigenvalue weighted by Crippen LogP contribution is 2.23. The maximum absolute atomic E-state index is 5.70. The minimum absolute atomic E-state index is 0.370. The lowest BCUT2D eigenvalue weighted by atomic mass is 10.1. The van der Waals surface area contributed by atoms with Gasteiger partial charge in [0.15, 0.2) is 0 Å². The number of hydrogen-bond acceptors (Lipinski definition) is 5. The highest BCUT2D eigenvalue weighted by molar-refractivity contribution is 5.47. The summed E-state index contributed by atoms with van der Waals surface area (Å²) in [7, 11) is 1.69. The molecule has 0 saturated heterocycles. The Labute approximate surface area is 106 Å². The Morgan fingerprint density at radius 2 is 2.00 bits per heavy atom. The molecule has 0 unspecified atom stereocenters. The summed E-state index contributed by atoms with van der Waals surface area (Å²) >= 11 is 0. The number of methoxy groups -OCH3 is 1. The van der Waals surface area contributed by atoms with Gasteiger partial charge in [-0.3, -0.25) is 0 Å². The molecule has 1 aromatic heterocycles. The maximum Gasteiger partial charge on any atom is 0.245 e. The van der Waals surface area contributed by atoms with Gasteiger partial charge in [-0.15, -0.1) is 0 Å². The Morgan fingerprint density at radius 3 is 2.67 bits per heavy atom. The third kappa shape index (κ3) is 3.18. The first kappa shape index (κ1) is 12.3. The molecule has 94 valence electrons. The molecule has 0 aliphatic heterocycles. The fraction of sp³-hybridized carbons (Fsp3) is 0.231. The van der Waals surface area contributed by atoms with Gasteiger partial charge in [0.25, 0.3) is 0 Å². The predicted molar refractivity (Wildman–Crippen MR) is 68.5 cm³/mol. The third-order valence-electron chi connectivity index (χ3n) is 2.43. The molecule has 18 heavy (non-hydrogen) atoms. The van der Waals surface area contributed by atoms with Crippen LogP contribution in [0.25, 0.3) is 0 Å². The first-order chi connectivity index (χ1) is 8.79. The smallest absolute Gasteiger partial charge is 0.245 e. The van der Waals surface area contributed by atoms with Crippen LogP contribution in [0.15, 0.2) is 36.8 Å². The summed E-state index contributed by atoms with van der Waals surface area (Å²) in [6, 6.07) is 7.75. The lowest BCUT2D eigenvalue weighted by Crippen LogP contribution is -1.96. The molecule has 0 bridgehead atoms. The summed E-state index contributed by atoms with van der Waals surface area (Å²) in [6.07, 6.45) is 3.79. The van der Waals surface area contributed by atoms with E-state index in [0.717, 1.165) is 6.42 Å². The van der Waals surface area contributed by atoms with Crippen molar-refractivity contribution in [3.05, 3.63) is 42.4 Å². The highest BCUT2D eigenvalue weighted by atomic mass is 16.5. The molecule has 2 N–H and O–H groups in total. The van der Waals surface area contributed by atoms with E-state index in [1.807, 2.05) is 24.3 Å². The molecule has 5 nitrogen and oxygen atoms in total. The van der Waals surface area contributed by atoms with Crippen molar-refractivity contribution in [1.82, 2.24) is 9.97 Å². The Kier molecular flexibility index (Phi) is 4.09. The van der Waals surface area contributed by atoms with Crippen LogP contribution in [0.2, 0.25) is 0 Å². The van der Waals surface area contributed by atoms with E-state index in [9.17, 15) is 0 Å². The van der Waals surface area contributed by atoms with Gasteiger partial charge in [-0.2, -0.15) is 4.98 Å². The van der Waals surface area contributed by atoms with E-state index in [2.05, 4.69) is 9.97 Å². The van der Waals surface area contributed by atoms with Crippen molar-refractivity contribution in [2.24, 2.45) is 0 Å². The van der Waals surface area contributed by atoms with Gasteiger partial charge in [-0.05, 0) is 24.1 Å². The van der Waals surface area contributed by atoms with Gasteiger partial charge >= 0.3 is 0 Å². The van der Waals surface area contributed by atoms with Crippen molar-refractivity contribution < 1.29 is 9.47 Å². The van der Waals surface area contributed by atoms with Gasteiger partial charge in [0.05, 0.1) is 12.8 Å². The largest absolute Gasteiger partial charge is 0.437 e. The van der Waals surface area contributed by atoms with Crippen LogP contribution in [0.3, 0.4) is 0 Å². The molecule has 0 atom stereocenters. The van der Waals surface area contributed by atoms with Crippen molar-refractivity contribution in [3.8, 4) is 11.6 Å². The lowest BCUT2D eigenvalue weighted by Gasteiger charge is -2.07. The summed E-state index contributed by atoms with van der Waals surface area (Å²) in [4.78, 5) is 7.77. The van der Waals surface area contributed by atoms with Gasteiger partial charge in [-0.25, -0.2) is 4.98 Å². The normalized spacial score (nSPS) is 10.3. The van der Waals surface area contributed by atoms with Gasteiger partial charge < -0.3 is 15.2 Å². The number of rotatable bonds is 5. The zero-order valence-electron chi connectivity index (χ0n) is 10.2. The van der Waals surface area contributed by atoms with Crippen molar-refractivity contribution >= 4 is 5.69 Å². The molecule has 5 heteroatoms. The van der Waals surface area contributed by atoms with Crippen LogP contribution in [0, 0.1) is 0 Å². The number of nitrogen functional groups attached to an aromatic ring is 1. The first-order valence-electron chi connectivity index (χ1n) is 5.61. The zero-order valence-corrected chi connectivity index (χ0v) is 10.2. The van der Waals surface area contributed by atoms with E-state index in [0.29, 0.717) is 23.9 Å². The second-order valence-electron chi connectivity index (χ2n) is 3.77. The quantitative estimate of drug-likeness (QED) is 0.872. The van der Waals surface area contributed by atoms with Crippen LogP contribution in [0.5, 0.6) is 11.6 Å². The lowest BCUT2D eigenvalue weighted by molar-refractivity contribution is 0.202. The van der Waals surface area contributed by atoms with E-state index in [1.54, 1.807) is 7.11 Å². The second-order valence-corrected chi connectivity index (χ2v) is 3.77. The second kappa shape index (κ2) is 5.97. The molecule has 0 amide bonds. The van der Waals surface area contributed by atoms with E-state index in [1.165, 1.54) is 18.1 Å². The van der Waals surface area contributed by atoms with Crippen molar-refractivity contribution in [1.29, 1.82) is 0 Å². The number of benzene rings is 1. The van der Waals surface area contributed by atoms with Crippen molar-refractivity contribution in [2.45, 2.75) is 6.42 Å². The summed E-state index contributed by atoms with van der Waals surface area (Å²) in [5.41, 5.74) is 7.31. The number of hydrogen-bond donors (Lipinski definition) is 1. The fourth-order valence-corrected chi connectivity index (χ4v) is 1.47. The molecule has 2 rings (SSSR count). The fourth-order valence-electron chi connectivity index (χ4n) is 1.47. The zero-order chi connectivity index (χ0) is 12.8. The standard InChI is InChI=1S/C13H15N3O2/c1-17-7-6-10-2-4-11(5-3-10)18-13-12(14)8-15-9-16-13/h2-5,8-9H,6-7,14H2,1H3. The van der Waals surface area contributed by atoms with Crippen LogP contribution in [0.4, 0.5) is 5.69 Å². The monoisotopic (exact) mass is 245 g/mol. The van der Waals surface area contributed by atoms with E-state index in [-0.39, 0.29) is 0 Å². The summed E-state index contributed by atoms with van der Waals surface area (Å²) in [6.45, 7) is 0.707. The molecular formula is C13H15N3O2. The summed E-state index contributed by atoms with van der Waals surface area (Å²) in [5, 5.41) is 0. The highest BCUT2D eigenvalue weighted by Gasteiger charge is 2.03. The molecule has 2 aromatic rings. The van der Waals surface area contributed by atoms with Crippen molar-refractivity contribution in [2.75, 3.05) is 19.5 Å². The molecule has 1 heterocycles. The van der Waals surface area contributed by atoms with E-state index in [4.69, 9.17) is 15.2 Å². The first-order valence-corrected chi connectivity index (χ1v) is 5.61. The van der Waals surface area contributed by atoms with Crippen molar-refractivity contribution in [3.63, 3.8) is 0 Å². The molecule has 0 saturated carbocycles. The van der Waals surface area contributed by atoms with Gasteiger partial charge in [0.1, 0.15) is 17.8 Å². The van der Waals surface area contributed by atoms with Gasteiger partial charge in [0, 0.05) is 7.11 Å². The van der Waals surface area contributed by atoms with E-state index >= 15 is 0 Å². The molecule has 0 radical (unpaired) electrons. The van der Waals surface area contributed by atoms with Crippen LogP contribution < -0.4 is 10.5 Å². The SMILES string of the molecule is COCCc1ccc(Oc2ncncc2N)cc1. The number of anilines is 1. The van der Waals surface area contributed by atoms with Crippen LogP contribution in [0.1, 0.15) is 5.56 Å². The molecule has 0 fully saturated rings.